The van der Waals surface area contributed by atoms with Crippen LogP contribution in [0, 0.1) is 11.8 Å². The van der Waals surface area contributed by atoms with E-state index in [1.54, 1.807) is 0 Å². The highest BCUT2D eigenvalue weighted by molar-refractivity contribution is 5.97. The molecule has 0 fully saturated rings. The summed E-state index contributed by atoms with van der Waals surface area (Å²) in [7, 11) is 1.43. The average molecular weight is 432 g/mol. The minimum absolute atomic E-state index is 0.100. The molecule has 0 amide bonds. The molecule has 0 radical (unpaired) electrons. The molecule has 0 bridgehead atoms. The van der Waals surface area contributed by atoms with Crippen molar-refractivity contribution in [2.75, 3.05) is 7.11 Å². The van der Waals surface area contributed by atoms with Gasteiger partial charge in [-0.25, -0.2) is 0 Å². The normalized spacial score (nSPS) is 22.4. The molecular weight excluding hydrogens is 390 g/mol. The van der Waals surface area contributed by atoms with Crippen LogP contribution >= 0.6 is 0 Å². The lowest BCUT2D eigenvalue weighted by Gasteiger charge is -2.36. The Morgan fingerprint density at radius 3 is 2.10 bits per heavy atom. The summed E-state index contributed by atoms with van der Waals surface area (Å²) in [6, 6.07) is 0. The van der Waals surface area contributed by atoms with Crippen LogP contribution in [0.4, 0.5) is 0 Å². The summed E-state index contributed by atoms with van der Waals surface area (Å²) in [5, 5.41) is 0. The summed E-state index contributed by atoms with van der Waals surface area (Å²) in [5.74, 6) is -0.850. The molecule has 5 nitrogen and oxygen atoms in total. The fourth-order valence-corrected chi connectivity index (χ4v) is 4.08. The number of carbonyl (C=O) groups is 2. The number of methoxy groups -OCH3 is 1. The molecule has 0 saturated carbocycles. The highest BCUT2D eigenvalue weighted by Crippen LogP contribution is 2.37. The number of carbonyl (C=O) groups excluding carboxylic acids is 2. The number of hydrogen-bond acceptors (Lipinski definition) is 5. The molecule has 0 aromatic rings. The van der Waals surface area contributed by atoms with E-state index in [1.807, 2.05) is 6.92 Å². The van der Waals surface area contributed by atoms with Gasteiger partial charge in [-0.3, -0.25) is 9.59 Å². The van der Waals surface area contributed by atoms with Crippen LogP contribution < -0.4 is 5.73 Å². The standard InChI is InChI=1S/C26H41NO4/c1-8-21-22(25(31-20(6)28)23(27)26(30-7)24(21)29)16-15-19(5)14-10-13-18(4)12-9-11-17(2)3/h11,13,15,21-22,25H,8-10,12,14,16,27H2,1-7H3/b18-13+,19-15+/t21-,22?,25-/m0/s1. The summed E-state index contributed by atoms with van der Waals surface area (Å²) in [6.07, 6.45) is 11.5. The number of hydrogen-bond donors (Lipinski definition) is 1. The van der Waals surface area contributed by atoms with Crippen LogP contribution in [-0.2, 0) is 19.1 Å². The van der Waals surface area contributed by atoms with Gasteiger partial charge in [-0.05, 0) is 66.2 Å². The number of ketones is 1. The number of rotatable bonds is 11. The fourth-order valence-electron chi connectivity index (χ4n) is 4.08. The molecule has 1 aliphatic carbocycles. The van der Waals surface area contributed by atoms with Crippen LogP contribution in [0.5, 0.6) is 0 Å². The first-order valence-electron chi connectivity index (χ1n) is 11.3. The Bertz CT molecular complexity index is 753. The van der Waals surface area contributed by atoms with E-state index in [2.05, 4.69) is 45.9 Å². The van der Waals surface area contributed by atoms with Gasteiger partial charge in [-0.15, -0.1) is 0 Å². The topological polar surface area (TPSA) is 78.6 Å². The van der Waals surface area contributed by atoms with Crippen molar-refractivity contribution < 1.29 is 19.1 Å². The van der Waals surface area contributed by atoms with Crippen molar-refractivity contribution in [3.8, 4) is 0 Å². The van der Waals surface area contributed by atoms with E-state index in [4.69, 9.17) is 15.2 Å². The van der Waals surface area contributed by atoms with E-state index in [9.17, 15) is 9.59 Å². The summed E-state index contributed by atoms with van der Waals surface area (Å²) in [4.78, 5) is 24.5. The van der Waals surface area contributed by atoms with Crippen LogP contribution in [0.15, 0.2) is 46.4 Å². The molecule has 3 atom stereocenters. The van der Waals surface area contributed by atoms with E-state index in [1.165, 1.54) is 30.8 Å². The third-order valence-electron chi connectivity index (χ3n) is 5.83. The Morgan fingerprint density at radius 1 is 1.00 bits per heavy atom. The SMILES string of the molecule is CC[C@@H]1C(=O)C(OC)=C(N)[C@@H](OC(C)=O)C1C/C=C(\C)CC/C=C(\C)CCC=C(C)C. The van der Waals surface area contributed by atoms with Gasteiger partial charge in [0.2, 0.25) is 5.78 Å². The molecule has 1 unspecified atom stereocenters. The smallest absolute Gasteiger partial charge is 0.303 e. The maximum absolute atomic E-state index is 12.8. The number of nitrogens with two attached hydrogens (primary N) is 1. The molecule has 0 aromatic carbocycles. The molecular formula is C26H41NO4. The molecule has 5 heteroatoms. The lowest BCUT2D eigenvalue weighted by molar-refractivity contribution is -0.151. The van der Waals surface area contributed by atoms with Crippen molar-refractivity contribution >= 4 is 11.8 Å². The molecule has 0 aromatic heterocycles. The van der Waals surface area contributed by atoms with E-state index in [0.29, 0.717) is 12.8 Å². The van der Waals surface area contributed by atoms with Crippen molar-refractivity contribution in [2.45, 2.75) is 86.2 Å². The quantitative estimate of drug-likeness (QED) is 0.332. The number of allylic oxidation sites excluding steroid dienone is 7. The van der Waals surface area contributed by atoms with E-state index < -0.39 is 12.1 Å². The van der Waals surface area contributed by atoms with Crippen LogP contribution in [0.2, 0.25) is 0 Å². The minimum Gasteiger partial charge on any atom is -0.491 e. The van der Waals surface area contributed by atoms with Crippen LogP contribution in [0.1, 0.15) is 80.1 Å². The number of ether oxygens (including phenoxy) is 2. The van der Waals surface area contributed by atoms with E-state index >= 15 is 0 Å². The summed E-state index contributed by atoms with van der Waals surface area (Å²) in [6.45, 7) is 11.9. The molecule has 0 aliphatic heterocycles. The van der Waals surface area contributed by atoms with E-state index in [-0.39, 0.29) is 29.1 Å². The molecule has 0 saturated heterocycles. The van der Waals surface area contributed by atoms with Gasteiger partial charge in [0.1, 0.15) is 6.10 Å². The maximum Gasteiger partial charge on any atom is 0.303 e. The van der Waals surface area contributed by atoms with Gasteiger partial charge in [0.15, 0.2) is 5.76 Å². The second-order valence-electron chi connectivity index (χ2n) is 8.76. The Kier molecular flexibility index (Phi) is 11.4. The first-order valence-corrected chi connectivity index (χ1v) is 11.3. The number of esters is 1. The summed E-state index contributed by atoms with van der Waals surface area (Å²) < 4.78 is 10.8. The average Bonchev–Trinajstić information content (AvgIpc) is 2.68. The molecule has 1 aliphatic rings. The molecule has 0 heterocycles. The Morgan fingerprint density at radius 2 is 1.58 bits per heavy atom. The summed E-state index contributed by atoms with van der Waals surface area (Å²) in [5.41, 5.74) is 10.4. The zero-order valence-corrected chi connectivity index (χ0v) is 20.4. The number of Topliss-reactive ketones (excluding diaryl/α,β-unsaturated/α-hetero) is 1. The third-order valence-corrected chi connectivity index (χ3v) is 5.83. The third kappa shape index (κ3) is 8.39. The van der Waals surface area contributed by atoms with Crippen molar-refractivity contribution in [3.63, 3.8) is 0 Å². The molecule has 1 rings (SSSR count). The van der Waals surface area contributed by atoms with Crippen LogP contribution in [-0.4, -0.2) is 25.0 Å². The molecule has 2 N–H and O–H groups in total. The first-order chi connectivity index (χ1) is 14.6. The Hall–Kier alpha value is -2.30. The predicted octanol–water partition coefficient (Wildman–Crippen LogP) is 5.77. The van der Waals surface area contributed by atoms with Gasteiger partial charge < -0.3 is 15.2 Å². The van der Waals surface area contributed by atoms with Gasteiger partial charge in [0.25, 0.3) is 0 Å². The maximum atomic E-state index is 12.8. The monoisotopic (exact) mass is 431 g/mol. The van der Waals surface area contributed by atoms with Gasteiger partial charge in [-0.1, -0.05) is 41.9 Å². The summed E-state index contributed by atoms with van der Waals surface area (Å²) >= 11 is 0. The van der Waals surface area contributed by atoms with Crippen molar-refractivity contribution in [1.82, 2.24) is 0 Å². The fraction of sp³-hybridized carbons (Fsp3) is 0.615. The lowest BCUT2D eigenvalue weighted by atomic mass is 9.74. The van der Waals surface area contributed by atoms with Gasteiger partial charge in [0, 0.05) is 18.8 Å². The molecule has 0 spiro atoms. The van der Waals surface area contributed by atoms with Crippen molar-refractivity contribution in [3.05, 3.63) is 46.4 Å². The molecule has 31 heavy (non-hydrogen) atoms. The largest absolute Gasteiger partial charge is 0.491 e. The Labute approximate surface area is 188 Å². The zero-order chi connectivity index (χ0) is 23.6. The lowest BCUT2D eigenvalue weighted by Crippen LogP contribution is -2.45. The van der Waals surface area contributed by atoms with Crippen LogP contribution in [0.3, 0.4) is 0 Å². The van der Waals surface area contributed by atoms with E-state index in [0.717, 1.165) is 25.7 Å². The highest BCUT2D eigenvalue weighted by atomic mass is 16.5. The first kappa shape index (κ1) is 26.7. The predicted molar refractivity (Wildman–Crippen MR) is 126 cm³/mol. The van der Waals surface area contributed by atoms with Crippen molar-refractivity contribution in [1.29, 1.82) is 0 Å². The second kappa shape index (κ2) is 13.2. The minimum atomic E-state index is -0.642. The van der Waals surface area contributed by atoms with Gasteiger partial charge >= 0.3 is 5.97 Å². The molecule has 174 valence electrons. The Balaban J connectivity index is 2.85. The zero-order valence-electron chi connectivity index (χ0n) is 20.4. The van der Waals surface area contributed by atoms with Gasteiger partial charge in [-0.2, -0.15) is 0 Å². The second-order valence-corrected chi connectivity index (χ2v) is 8.76. The highest BCUT2D eigenvalue weighted by Gasteiger charge is 2.44. The van der Waals surface area contributed by atoms with Crippen LogP contribution in [0.25, 0.3) is 0 Å². The van der Waals surface area contributed by atoms with Gasteiger partial charge in [0.05, 0.1) is 12.8 Å². The van der Waals surface area contributed by atoms with Crippen molar-refractivity contribution in [2.24, 2.45) is 17.6 Å².